The van der Waals surface area contributed by atoms with Crippen LogP contribution in [-0.2, 0) is 12.4 Å². The lowest BCUT2D eigenvalue weighted by atomic mass is 10.0. The molecule has 0 aliphatic rings. The predicted molar refractivity (Wildman–Crippen MR) is 192 cm³/mol. The molecule has 0 aliphatic heterocycles. The minimum absolute atomic E-state index is 0.0498. The van der Waals surface area contributed by atoms with Crippen LogP contribution < -0.4 is 20.9 Å². The van der Waals surface area contributed by atoms with E-state index in [9.17, 15) is 26.3 Å². The summed E-state index contributed by atoms with van der Waals surface area (Å²) in [6.45, 7) is 0. The number of aromatic nitrogens is 2. The third-order valence-corrected chi connectivity index (χ3v) is 8.25. The van der Waals surface area contributed by atoms with Gasteiger partial charge in [-0.25, -0.2) is 4.98 Å². The van der Waals surface area contributed by atoms with Crippen molar-refractivity contribution >= 4 is 11.4 Å². The molecular weight excluding hydrogens is 694 g/mol. The van der Waals surface area contributed by atoms with Crippen LogP contribution in [0.1, 0.15) is 11.1 Å². The number of anilines is 2. The second-order valence-corrected chi connectivity index (χ2v) is 11.9. The molecule has 6 nitrogen and oxygen atoms in total. The molecule has 12 heteroatoms. The zero-order valence-electron chi connectivity index (χ0n) is 27.5. The van der Waals surface area contributed by atoms with Gasteiger partial charge in [-0.3, -0.25) is 4.57 Å². The van der Waals surface area contributed by atoms with Crippen LogP contribution in [0.15, 0.2) is 146 Å². The topological polar surface area (TPSA) is 88.3 Å². The van der Waals surface area contributed by atoms with Gasteiger partial charge in [0.05, 0.1) is 11.4 Å². The average molecular weight is 723 g/mol. The van der Waals surface area contributed by atoms with Gasteiger partial charge in [-0.15, -0.1) is 0 Å². The van der Waals surface area contributed by atoms with Crippen molar-refractivity contribution in [3.63, 3.8) is 0 Å². The van der Waals surface area contributed by atoms with Crippen molar-refractivity contribution in [2.75, 3.05) is 11.5 Å². The summed E-state index contributed by atoms with van der Waals surface area (Å²) in [7, 11) is 0. The van der Waals surface area contributed by atoms with E-state index >= 15 is 0 Å². The molecule has 1 heterocycles. The highest BCUT2D eigenvalue weighted by atomic mass is 19.4. The second-order valence-electron chi connectivity index (χ2n) is 11.9. The van der Waals surface area contributed by atoms with E-state index in [4.69, 9.17) is 25.9 Å². The summed E-state index contributed by atoms with van der Waals surface area (Å²) in [5, 5.41) is 0. The van der Waals surface area contributed by atoms with Crippen LogP contribution in [-0.4, -0.2) is 9.55 Å². The molecule has 7 rings (SSSR count). The first kappa shape index (κ1) is 34.7. The Hall–Kier alpha value is -6.69. The molecule has 0 bridgehead atoms. The van der Waals surface area contributed by atoms with Gasteiger partial charge >= 0.3 is 12.4 Å². The van der Waals surface area contributed by atoms with Crippen molar-refractivity contribution < 1.29 is 35.8 Å². The summed E-state index contributed by atoms with van der Waals surface area (Å²) in [6.07, 6.45) is -9.38. The minimum Gasteiger partial charge on any atom is -0.457 e. The first-order valence-corrected chi connectivity index (χ1v) is 16.1. The van der Waals surface area contributed by atoms with Crippen LogP contribution in [0.3, 0.4) is 0 Å². The van der Waals surface area contributed by atoms with Gasteiger partial charge in [0, 0.05) is 33.8 Å². The van der Waals surface area contributed by atoms with Gasteiger partial charge in [0.25, 0.3) is 0 Å². The van der Waals surface area contributed by atoms with E-state index < -0.39 is 35.0 Å². The maximum Gasteiger partial charge on any atom is 0.420 e. The zero-order chi connectivity index (χ0) is 37.3. The fourth-order valence-corrected chi connectivity index (χ4v) is 5.83. The smallest absolute Gasteiger partial charge is 0.420 e. The first-order chi connectivity index (χ1) is 25.3. The molecule has 7 aromatic rings. The van der Waals surface area contributed by atoms with Crippen molar-refractivity contribution in [2.24, 2.45) is 0 Å². The molecule has 0 unspecified atom stereocenters. The summed E-state index contributed by atoms with van der Waals surface area (Å²) >= 11 is 0. The van der Waals surface area contributed by atoms with E-state index in [1.165, 1.54) is 36.4 Å². The summed E-state index contributed by atoms with van der Waals surface area (Å²) in [6, 6.07) is 38.6. The SMILES string of the molecule is Nc1ccc(Oc2ccc(-c3nc(-c4ccccc4)c(-c4ccccc4)n3-c3ccc(Oc4ccc(N)cc4C(F)(F)F)cc3)cc2)c(C(F)(F)F)c1. The standard InChI is InChI=1S/C41H28F6N4O2/c42-40(43,44)33-23-28(48)13-21-35(33)52-31-17-11-27(12-18-31)39-50-37(25-7-3-1-4-8-25)38(26-9-5-2-6-10-26)51(39)30-15-19-32(20-16-30)53-36-22-14-29(49)24-34(36)41(45,46)47/h1-24H,48-49H2. The third-order valence-electron chi connectivity index (χ3n) is 8.25. The van der Waals surface area contributed by atoms with Crippen molar-refractivity contribution in [2.45, 2.75) is 12.4 Å². The van der Waals surface area contributed by atoms with E-state index in [2.05, 4.69) is 0 Å². The highest BCUT2D eigenvalue weighted by Crippen LogP contribution is 2.43. The van der Waals surface area contributed by atoms with Crippen molar-refractivity contribution in [3.8, 4) is 62.6 Å². The fourth-order valence-electron chi connectivity index (χ4n) is 5.83. The van der Waals surface area contributed by atoms with E-state index in [0.717, 1.165) is 29.0 Å². The largest absolute Gasteiger partial charge is 0.457 e. The lowest BCUT2D eigenvalue weighted by molar-refractivity contribution is -0.139. The summed E-state index contributed by atoms with van der Waals surface area (Å²) in [4.78, 5) is 5.10. The molecule has 0 aliphatic carbocycles. The molecule has 0 radical (unpaired) electrons. The molecular formula is C41H28F6N4O2. The number of ether oxygens (including phenoxy) is 2. The number of nitrogen functional groups attached to an aromatic ring is 2. The number of nitrogens with two attached hydrogens (primary N) is 2. The van der Waals surface area contributed by atoms with Gasteiger partial charge in [-0.1, -0.05) is 60.7 Å². The van der Waals surface area contributed by atoms with Crippen molar-refractivity contribution in [1.82, 2.24) is 9.55 Å². The maximum atomic E-state index is 13.8. The van der Waals surface area contributed by atoms with Crippen LogP contribution in [0.5, 0.6) is 23.0 Å². The van der Waals surface area contributed by atoms with E-state index in [1.54, 1.807) is 36.4 Å². The molecule has 0 spiro atoms. The molecule has 0 atom stereocenters. The molecule has 0 amide bonds. The highest BCUT2D eigenvalue weighted by Gasteiger charge is 2.36. The molecule has 6 aromatic carbocycles. The number of imidazole rings is 1. The molecule has 53 heavy (non-hydrogen) atoms. The Kier molecular flexibility index (Phi) is 9.04. The van der Waals surface area contributed by atoms with Gasteiger partial charge in [0.15, 0.2) is 0 Å². The Morgan fingerprint density at radius 1 is 0.491 bits per heavy atom. The summed E-state index contributed by atoms with van der Waals surface area (Å²) < 4.78 is 95.9. The van der Waals surface area contributed by atoms with E-state index in [-0.39, 0.29) is 22.9 Å². The molecule has 0 saturated carbocycles. The number of halogens is 6. The summed E-state index contributed by atoms with van der Waals surface area (Å²) in [5.74, 6) is -0.0250. The zero-order valence-corrected chi connectivity index (χ0v) is 27.5. The summed E-state index contributed by atoms with van der Waals surface area (Å²) in [5.41, 5.74) is 13.3. The van der Waals surface area contributed by atoms with Crippen LogP contribution in [0.4, 0.5) is 37.7 Å². The highest BCUT2D eigenvalue weighted by molar-refractivity contribution is 5.84. The molecule has 0 saturated heterocycles. The first-order valence-electron chi connectivity index (χ1n) is 16.1. The van der Waals surface area contributed by atoms with E-state index in [0.29, 0.717) is 22.8 Å². The van der Waals surface area contributed by atoms with Gasteiger partial charge in [-0.2, -0.15) is 26.3 Å². The number of alkyl halides is 6. The van der Waals surface area contributed by atoms with Gasteiger partial charge in [-0.05, 0) is 84.9 Å². The van der Waals surface area contributed by atoms with Crippen LogP contribution in [0.25, 0.3) is 39.6 Å². The Balaban J connectivity index is 1.33. The van der Waals surface area contributed by atoms with E-state index in [1.807, 2.05) is 65.2 Å². The Bertz CT molecular complexity index is 2370. The molecule has 0 fully saturated rings. The van der Waals surface area contributed by atoms with Gasteiger partial charge < -0.3 is 20.9 Å². The quantitative estimate of drug-likeness (QED) is 0.120. The molecule has 1 aromatic heterocycles. The van der Waals surface area contributed by atoms with Crippen molar-refractivity contribution in [3.05, 3.63) is 157 Å². The lowest BCUT2D eigenvalue weighted by Crippen LogP contribution is -2.08. The van der Waals surface area contributed by atoms with Gasteiger partial charge in [0.1, 0.15) is 39.9 Å². The normalized spacial score (nSPS) is 11.7. The maximum absolute atomic E-state index is 13.8. The number of rotatable bonds is 8. The number of benzene rings is 6. The van der Waals surface area contributed by atoms with Crippen LogP contribution >= 0.6 is 0 Å². The molecule has 4 N–H and O–H groups in total. The Labute approximate surface area is 299 Å². The molecule has 266 valence electrons. The second kappa shape index (κ2) is 13.8. The fraction of sp³-hybridized carbons (Fsp3) is 0.0488. The number of hydrogen-bond acceptors (Lipinski definition) is 5. The van der Waals surface area contributed by atoms with Crippen LogP contribution in [0, 0.1) is 0 Å². The Morgan fingerprint density at radius 2 is 0.943 bits per heavy atom. The van der Waals surface area contributed by atoms with Crippen LogP contribution in [0.2, 0.25) is 0 Å². The van der Waals surface area contributed by atoms with Gasteiger partial charge in [0.2, 0.25) is 0 Å². The Morgan fingerprint density at radius 3 is 1.42 bits per heavy atom. The minimum atomic E-state index is -4.69. The number of nitrogens with zero attached hydrogens (tertiary/aromatic N) is 2. The monoisotopic (exact) mass is 722 g/mol. The number of hydrogen-bond donors (Lipinski definition) is 2. The average Bonchev–Trinajstić information content (AvgIpc) is 3.54. The predicted octanol–water partition coefficient (Wildman–Crippen LogP) is 11.7. The lowest BCUT2D eigenvalue weighted by Gasteiger charge is -2.16. The van der Waals surface area contributed by atoms with Crippen molar-refractivity contribution in [1.29, 1.82) is 0 Å². The third kappa shape index (κ3) is 7.38.